The van der Waals surface area contributed by atoms with E-state index in [9.17, 15) is 31.2 Å². The van der Waals surface area contributed by atoms with Gasteiger partial charge < -0.3 is 14.8 Å². The molecule has 3 aromatic carbocycles. The Labute approximate surface area is 272 Å². The summed E-state index contributed by atoms with van der Waals surface area (Å²) < 4.78 is 78.3. The number of amidine groups is 1. The van der Waals surface area contributed by atoms with Gasteiger partial charge in [-0.05, 0) is 60.0 Å². The number of carbonyl (C=O) groups excluding carboxylic acids is 2. The zero-order chi connectivity index (χ0) is 34.3. The molecule has 2 heterocycles. The lowest BCUT2D eigenvalue weighted by molar-refractivity contribution is -0.115. The molecule has 1 saturated heterocycles. The minimum atomic E-state index is -5.49. The number of urea groups is 1. The van der Waals surface area contributed by atoms with Gasteiger partial charge in [0.25, 0.3) is 9.84 Å². The summed E-state index contributed by atoms with van der Waals surface area (Å²) in [5, 5.41) is 2.58. The summed E-state index contributed by atoms with van der Waals surface area (Å²) in [6.07, 6.45) is 2.81. The Balaban J connectivity index is 1.33. The zero-order valence-electron chi connectivity index (χ0n) is 25.4. The Kier molecular flexibility index (Phi) is 9.19. The average molecular weight is 689 g/mol. The van der Waals surface area contributed by atoms with Crippen LogP contribution < -0.4 is 15.1 Å². The molecular weight excluding hydrogens is 661 g/mol. The Morgan fingerprint density at radius 1 is 1.06 bits per heavy atom. The number of hydrogen-bond acceptors (Lipinski definition) is 7. The Bertz CT molecular complexity index is 1990. The summed E-state index contributed by atoms with van der Waals surface area (Å²) >= 11 is 1.10. The first kappa shape index (κ1) is 33.7. The molecular formula is C31H28F4N6O4S2. The number of nitrogens with one attached hydrogen (secondary N) is 1. The minimum absolute atomic E-state index is 0.0799. The fraction of sp³-hybridized carbons (Fsp3) is 0.226. The summed E-state index contributed by atoms with van der Waals surface area (Å²) in [4.78, 5) is 36.5. The SMILES string of the molecule is CC(C)c1ccc(N(C)C)cc1N1C(=O)CSC1=NC(=O)Nc1ccc(-c2cn(-c3ccc(S(=O)(=O)C(F)(F)F)cc3)cn2)cc1F. The van der Waals surface area contributed by atoms with E-state index < -0.39 is 32.1 Å². The predicted molar refractivity (Wildman–Crippen MR) is 173 cm³/mol. The third-order valence-corrected chi connectivity index (χ3v) is 9.62. The van der Waals surface area contributed by atoms with Crippen LogP contribution in [-0.2, 0) is 14.6 Å². The molecule has 4 aromatic rings. The van der Waals surface area contributed by atoms with E-state index in [2.05, 4.69) is 15.3 Å². The molecule has 1 fully saturated rings. The van der Waals surface area contributed by atoms with E-state index in [1.807, 2.05) is 51.0 Å². The maximum absolute atomic E-state index is 15.1. The summed E-state index contributed by atoms with van der Waals surface area (Å²) in [6, 6.07) is 12.9. The number of aliphatic imine (C=N–C) groups is 1. The highest BCUT2D eigenvalue weighted by Gasteiger charge is 2.46. The highest BCUT2D eigenvalue weighted by molar-refractivity contribution is 8.15. The van der Waals surface area contributed by atoms with E-state index in [0.29, 0.717) is 22.6 Å². The van der Waals surface area contributed by atoms with Crippen molar-refractivity contribution in [3.8, 4) is 16.9 Å². The molecule has 1 aliphatic heterocycles. The molecule has 246 valence electrons. The zero-order valence-corrected chi connectivity index (χ0v) is 27.0. The van der Waals surface area contributed by atoms with E-state index in [4.69, 9.17) is 0 Å². The minimum Gasteiger partial charge on any atom is -0.378 e. The number of sulfone groups is 1. The van der Waals surface area contributed by atoms with E-state index in [-0.39, 0.29) is 28.4 Å². The van der Waals surface area contributed by atoms with Gasteiger partial charge in [0, 0.05) is 37.2 Å². The van der Waals surface area contributed by atoms with E-state index in [0.717, 1.165) is 41.2 Å². The van der Waals surface area contributed by atoms with Crippen molar-refractivity contribution in [2.45, 2.75) is 30.2 Å². The van der Waals surface area contributed by atoms with Crippen LogP contribution in [0.5, 0.6) is 0 Å². The van der Waals surface area contributed by atoms with Gasteiger partial charge in [0.15, 0.2) is 5.17 Å². The van der Waals surface area contributed by atoms with Crippen LogP contribution in [0.3, 0.4) is 0 Å². The fourth-order valence-corrected chi connectivity index (χ4v) is 6.34. The number of amides is 3. The number of anilines is 3. The van der Waals surface area contributed by atoms with Crippen LogP contribution in [-0.4, -0.2) is 60.4 Å². The van der Waals surface area contributed by atoms with Crippen molar-refractivity contribution < 1.29 is 35.6 Å². The monoisotopic (exact) mass is 688 g/mol. The number of rotatable bonds is 7. The van der Waals surface area contributed by atoms with Crippen LogP contribution in [0.2, 0.25) is 0 Å². The van der Waals surface area contributed by atoms with Gasteiger partial charge in [-0.2, -0.15) is 18.2 Å². The lowest BCUT2D eigenvalue weighted by Gasteiger charge is -2.24. The molecule has 0 bridgehead atoms. The standard InChI is InChI=1S/C31H28F4N6O4S2/c1-18(2)23-11-8-21(39(3)4)14-27(23)41-28(42)16-46-30(41)38-29(43)37-25-12-5-19(13-24(25)32)26-15-40(17-36-26)20-6-9-22(10-7-20)47(44,45)31(33,34)35/h5-15,17-18H,16H2,1-4H3,(H,37,43). The molecule has 10 nitrogen and oxygen atoms in total. The number of alkyl halides is 3. The molecule has 3 amide bonds. The Hall–Kier alpha value is -4.70. The molecule has 0 aliphatic carbocycles. The molecule has 1 aliphatic rings. The lowest BCUT2D eigenvalue weighted by atomic mass is 9.99. The molecule has 0 saturated carbocycles. The van der Waals surface area contributed by atoms with Crippen LogP contribution in [0.25, 0.3) is 16.9 Å². The van der Waals surface area contributed by atoms with Crippen LogP contribution in [0.4, 0.5) is 39.4 Å². The fourth-order valence-electron chi connectivity index (χ4n) is 4.72. The van der Waals surface area contributed by atoms with Gasteiger partial charge in [0.05, 0.1) is 34.0 Å². The normalized spacial score (nSPS) is 14.7. The Morgan fingerprint density at radius 3 is 2.38 bits per heavy atom. The van der Waals surface area contributed by atoms with E-state index >= 15 is 4.39 Å². The van der Waals surface area contributed by atoms with E-state index in [1.54, 1.807) is 0 Å². The van der Waals surface area contributed by atoms with Crippen molar-refractivity contribution in [1.82, 2.24) is 9.55 Å². The van der Waals surface area contributed by atoms with Gasteiger partial charge in [0.2, 0.25) is 5.91 Å². The summed E-state index contributed by atoms with van der Waals surface area (Å²) in [7, 11) is -1.74. The van der Waals surface area contributed by atoms with Gasteiger partial charge in [-0.15, -0.1) is 0 Å². The molecule has 47 heavy (non-hydrogen) atoms. The van der Waals surface area contributed by atoms with E-state index in [1.165, 1.54) is 46.3 Å². The largest absolute Gasteiger partial charge is 0.501 e. The maximum atomic E-state index is 15.1. The van der Waals surface area contributed by atoms with Crippen LogP contribution >= 0.6 is 11.8 Å². The summed E-state index contributed by atoms with van der Waals surface area (Å²) in [5.41, 5.74) is -2.27. The lowest BCUT2D eigenvalue weighted by Crippen LogP contribution is -2.31. The quantitative estimate of drug-likeness (QED) is 0.212. The molecule has 0 unspecified atom stereocenters. The molecule has 1 N–H and O–H groups in total. The Morgan fingerprint density at radius 2 is 1.77 bits per heavy atom. The molecule has 0 spiro atoms. The summed E-state index contributed by atoms with van der Waals surface area (Å²) in [5.74, 6) is -0.865. The second-order valence-electron chi connectivity index (χ2n) is 10.9. The van der Waals surface area contributed by atoms with Crippen molar-refractivity contribution in [3.63, 3.8) is 0 Å². The molecule has 1 aromatic heterocycles. The number of aromatic nitrogens is 2. The number of halogens is 4. The van der Waals surface area contributed by atoms with Gasteiger partial charge in [-0.25, -0.2) is 22.6 Å². The van der Waals surface area contributed by atoms with Crippen LogP contribution in [0.1, 0.15) is 25.3 Å². The first-order valence-corrected chi connectivity index (χ1v) is 16.5. The third-order valence-electron chi connectivity index (χ3n) is 7.19. The van der Waals surface area contributed by atoms with Crippen molar-refractivity contribution >= 4 is 55.8 Å². The molecule has 0 radical (unpaired) electrons. The second-order valence-corrected chi connectivity index (χ2v) is 13.8. The third kappa shape index (κ3) is 6.88. The smallest absolute Gasteiger partial charge is 0.378 e. The second kappa shape index (κ2) is 12.8. The number of imidazole rings is 1. The van der Waals surface area contributed by atoms with Crippen LogP contribution in [0.15, 0.2) is 83.1 Å². The van der Waals surface area contributed by atoms with Gasteiger partial charge in [0.1, 0.15) is 5.82 Å². The van der Waals surface area contributed by atoms with Gasteiger partial charge in [-0.3, -0.25) is 9.69 Å². The highest BCUT2D eigenvalue weighted by atomic mass is 32.2. The average Bonchev–Trinajstić information content (AvgIpc) is 3.64. The topological polar surface area (TPSA) is 117 Å². The van der Waals surface area contributed by atoms with Crippen LogP contribution in [0, 0.1) is 5.82 Å². The molecule has 16 heteroatoms. The predicted octanol–water partition coefficient (Wildman–Crippen LogP) is 6.83. The summed E-state index contributed by atoms with van der Waals surface area (Å²) in [6.45, 7) is 3.99. The van der Waals surface area contributed by atoms with Gasteiger partial charge in [-0.1, -0.05) is 37.7 Å². The number of hydrogen-bond donors (Lipinski definition) is 1. The number of carbonyl (C=O) groups is 2. The number of nitrogens with zero attached hydrogens (tertiary/aromatic N) is 5. The first-order valence-electron chi connectivity index (χ1n) is 14.0. The van der Waals surface area contributed by atoms with Crippen molar-refractivity contribution in [2.24, 2.45) is 4.99 Å². The highest BCUT2D eigenvalue weighted by Crippen LogP contribution is 2.36. The van der Waals surface area contributed by atoms with Crippen molar-refractivity contribution in [2.75, 3.05) is 35.0 Å². The van der Waals surface area contributed by atoms with Gasteiger partial charge >= 0.3 is 11.5 Å². The number of benzene rings is 3. The molecule has 0 atom stereocenters. The molecule has 5 rings (SSSR count). The maximum Gasteiger partial charge on any atom is 0.501 e. The first-order chi connectivity index (χ1) is 22.1. The van der Waals surface area contributed by atoms with Crippen molar-refractivity contribution in [3.05, 3.63) is 84.6 Å². The number of thioether (sulfide) groups is 1. The van der Waals surface area contributed by atoms with Crippen molar-refractivity contribution in [1.29, 1.82) is 0 Å².